The van der Waals surface area contributed by atoms with Gasteiger partial charge < -0.3 is 15.3 Å². The normalized spacial score (nSPS) is 20.8. The number of carbonyl (C=O) groups is 1. The fraction of sp³-hybridized carbons (Fsp3) is 0.417. The standard InChI is InChI=1S/C12H16N2O2/c1-9(15)11-8-13-6-7-14(11)10-4-2-3-5-12(10)16/h2-5,11,13,16H,6-8H2,1H3. The Morgan fingerprint density at radius 3 is 2.94 bits per heavy atom. The van der Waals surface area contributed by atoms with Gasteiger partial charge in [-0.25, -0.2) is 0 Å². The van der Waals surface area contributed by atoms with E-state index < -0.39 is 0 Å². The van der Waals surface area contributed by atoms with Gasteiger partial charge in [0.2, 0.25) is 0 Å². The lowest BCUT2D eigenvalue weighted by Gasteiger charge is -2.36. The summed E-state index contributed by atoms with van der Waals surface area (Å²) in [5, 5.41) is 13.0. The van der Waals surface area contributed by atoms with Crippen LogP contribution in [0.5, 0.6) is 5.75 Å². The third-order valence-corrected chi connectivity index (χ3v) is 2.90. The van der Waals surface area contributed by atoms with Crippen molar-refractivity contribution in [1.82, 2.24) is 5.32 Å². The Labute approximate surface area is 94.9 Å². The minimum atomic E-state index is -0.179. The molecule has 1 heterocycles. The molecule has 0 radical (unpaired) electrons. The van der Waals surface area contributed by atoms with E-state index in [2.05, 4.69) is 5.32 Å². The lowest BCUT2D eigenvalue weighted by atomic mass is 10.1. The Hall–Kier alpha value is -1.55. The van der Waals surface area contributed by atoms with Crippen molar-refractivity contribution in [3.63, 3.8) is 0 Å². The van der Waals surface area contributed by atoms with E-state index in [9.17, 15) is 9.90 Å². The summed E-state index contributed by atoms with van der Waals surface area (Å²) in [6, 6.07) is 6.96. The number of anilines is 1. The minimum absolute atomic E-state index is 0.121. The molecular weight excluding hydrogens is 204 g/mol. The highest BCUT2D eigenvalue weighted by Crippen LogP contribution is 2.28. The number of nitrogens with one attached hydrogen (secondary N) is 1. The summed E-state index contributed by atoms with van der Waals surface area (Å²) in [5.74, 6) is 0.353. The lowest BCUT2D eigenvalue weighted by Crippen LogP contribution is -2.54. The molecule has 1 fully saturated rings. The molecule has 2 rings (SSSR count). The van der Waals surface area contributed by atoms with Gasteiger partial charge in [-0.1, -0.05) is 12.1 Å². The largest absolute Gasteiger partial charge is 0.506 e. The third kappa shape index (κ3) is 2.02. The van der Waals surface area contributed by atoms with Crippen LogP contribution in [0.25, 0.3) is 0 Å². The quantitative estimate of drug-likeness (QED) is 0.772. The molecule has 4 heteroatoms. The van der Waals surface area contributed by atoms with E-state index >= 15 is 0 Å². The van der Waals surface area contributed by atoms with Gasteiger partial charge in [-0.2, -0.15) is 0 Å². The molecule has 1 unspecified atom stereocenters. The highest BCUT2D eigenvalue weighted by molar-refractivity contribution is 5.86. The monoisotopic (exact) mass is 220 g/mol. The topological polar surface area (TPSA) is 52.6 Å². The average Bonchev–Trinajstić information content (AvgIpc) is 2.29. The molecule has 0 saturated carbocycles. The second-order valence-corrected chi connectivity index (χ2v) is 4.01. The maximum absolute atomic E-state index is 11.5. The summed E-state index contributed by atoms with van der Waals surface area (Å²) in [4.78, 5) is 13.5. The Kier molecular flexibility index (Phi) is 3.10. The Morgan fingerprint density at radius 1 is 1.50 bits per heavy atom. The number of benzene rings is 1. The molecule has 4 nitrogen and oxygen atoms in total. The molecule has 0 spiro atoms. The van der Waals surface area contributed by atoms with Crippen molar-refractivity contribution in [2.75, 3.05) is 24.5 Å². The minimum Gasteiger partial charge on any atom is -0.506 e. The molecule has 0 aromatic heterocycles. The average molecular weight is 220 g/mol. The fourth-order valence-corrected chi connectivity index (χ4v) is 2.06. The van der Waals surface area contributed by atoms with Crippen LogP contribution in [0.3, 0.4) is 0 Å². The first kappa shape index (κ1) is 11.0. The van der Waals surface area contributed by atoms with E-state index in [4.69, 9.17) is 0 Å². The fourth-order valence-electron chi connectivity index (χ4n) is 2.06. The van der Waals surface area contributed by atoms with E-state index in [0.717, 1.165) is 18.8 Å². The van der Waals surface area contributed by atoms with Crippen molar-refractivity contribution < 1.29 is 9.90 Å². The molecule has 1 saturated heterocycles. The Balaban J connectivity index is 2.30. The number of piperazine rings is 1. The van der Waals surface area contributed by atoms with Crippen LogP contribution in [-0.2, 0) is 4.79 Å². The van der Waals surface area contributed by atoms with Gasteiger partial charge in [0, 0.05) is 19.6 Å². The van der Waals surface area contributed by atoms with Gasteiger partial charge in [-0.05, 0) is 19.1 Å². The molecule has 0 bridgehead atoms. The molecule has 2 N–H and O–H groups in total. The highest BCUT2D eigenvalue weighted by Gasteiger charge is 2.27. The van der Waals surface area contributed by atoms with E-state index in [0.29, 0.717) is 6.54 Å². The zero-order valence-electron chi connectivity index (χ0n) is 9.31. The zero-order chi connectivity index (χ0) is 11.5. The molecule has 1 aromatic rings. The van der Waals surface area contributed by atoms with Crippen LogP contribution >= 0.6 is 0 Å². The van der Waals surface area contributed by atoms with E-state index in [1.165, 1.54) is 0 Å². The zero-order valence-corrected chi connectivity index (χ0v) is 9.31. The van der Waals surface area contributed by atoms with E-state index in [1.54, 1.807) is 19.1 Å². The van der Waals surface area contributed by atoms with Gasteiger partial charge in [0.1, 0.15) is 5.75 Å². The number of para-hydroxylation sites is 2. The molecule has 1 aromatic carbocycles. The smallest absolute Gasteiger partial charge is 0.153 e. The van der Waals surface area contributed by atoms with E-state index in [-0.39, 0.29) is 17.6 Å². The Bertz CT molecular complexity index is 392. The Morgan fingerprint density at radius 2 is 2.25 bits per heavy atom. The number of rotatable bonds is 2. The molecular formula is C12H16N2O2. The number of phenols is 1. The lowest BCUT2D eigenvalue weighted by molar-refractivity contribution is -0.118. The predicted octanol–water partition coefficient (Wildman–Crippen LogP) is 0.759. The van der Waals surface area contributed by atoms with Gasteiger partial charge in [0.15, 0.2) is 5.78 Å². The van der Waals surface area contributed by atoms with E-state index in [1.807, 2.05) is 17.0 Å². The van der Waals surface area contributed by atoms with Crippen molar-refractivity contribution >= 4 is 11.5 Å². The van der Waals surface area contributed by atoms with Crippen LogP contribution in [0.1, 0.15) is 6.92 Å². The molecule has 16 heavy (non-hydrogen) atoms. The summed E-state index contributed by atoms with van der Waals surface area (Å²) >= 11 is 0. The van der Waals surface area contributed by atoms with Crippen LogP contribution in [0, 0.1) is 0 Å². The number of hydrogen-bond acceptors (Lipinski definition) is 4. The number of hydrogen-bond donors (Lipinski definition) is 2. The SMILES string of the molecule is CC(=O)C1CNCCN1c1ccccc1O. The van der Waals surface area contributed by atoms with Crippen molar-refractivity contribution in [2.45, 2.75) is 13.0 Å². The van der Waals surface area contributed by atoms with Gasteiger partial charge in [-0.15, -0.1) is 0 Å². The number of nitrogens with zero attached hydrogens (tertiary/aromatic N) is 1. The molecule has 1 atom stereocenters. The first-order chi connectivity index (χ1) is 7.70. The van der Waals surface area contributed by atoms with Crippen molar-refractivity contribution in [2.24, 2.45) is 0 Å². The highest BCUT2D eigenvalue weighted by atomic mass is 16.3. The summed E-state index contributed by atoms with van der Waals surface area (Å²) < 4.78 is 0. The van der Waals surface area contributed by atoms with Gasteiger partial charge in [0.05, 0.1) is 11.7 Å². The predicted molar refractivity (Wildman–Crippen MR) is 62.8 cm³/mol. The van der Waals surface area contributed by atoms with Crippen LogP contribution in [-0.4, -0.2) is 36.6 Å². The summed E-state index contributed by atoms with van der Waals surface area (Å²) in [5.41, 5.74) is 0.740. The van der Waals surface area contributed by atoms with Crippen LogP contribution in [0.2, 0.25) is 0 Å². The van der Waals surface area contributed by atoms with Crippen LogP contribution < -0.4 is 10.2 Å². The molecule has 0 aliphatic carbocycles. The van der Waals surface area contributed by atoms with Gasteiger partial charge >= 0.3 is 0 Å². The van der Waals surface area contributed by atoms with Crippen LogP contribution in [0.15, 0.2) is 24.3 Å². The first-order valence-electron chi connectivity index (χ1n) is 5.46. The second-order valence-electron chi connectivity index (χ2n) is 4.01. The molecule has 0 amide bonds. The van der Waals surface area contributed by atoms with Crippen molar-refractivity contribution in [3.05, 3.63) is 24.3 Å². The van der Waals surface area contributed by atoms with Crippen LogP contribution in [0.4, 0.5) is 5.69 Å². The maximum Gasteiger partial charge on any atom is 0.153 e. The summed E-state index contributed by atoms with van der Waals surface area (Å²) in [6.45, 7) is 3.80. The number of ketones is 1. The van der Waals surface area contributed by atoms with Gasteiger partial charge in [0.25, 0.3) is 0 Å². The number of Topliss-reactive ketones (excluding diaryl/α,β-unsaturated/α-hetero) is 1. The summed E-state index contributed by atoms with van der Waals surface area (Å²) in [7, 11) is 0. The summed E-state index contributed by atoms with van der Waals surface area (Å²) in [6.07, 6.45) is 0. The number of aromatic hydroxyl groups is 1. The van der Waals surface area contributed by atoms with Crippen molar-refractivity contribution in [3.8, 4) is 5.75 Å². The van der Waals surface area contributed by atoms with Crippen molar-refractivity contribution in [1.29, 1.82) is 0 Å². The molecule has 86 valence electrons. The maximum atomic E-state index is 11.5. The third-order valence-electron chi connectivity index (χ3n) is 2.90. The second kappa shape index (κ2) is 4.53. The number of carbonyl (C=O) groups excluding carboxylic acids is 1. The van der Waals surface area contributed by atoms with Gasteiger partial charge in [-0.3, -0.25) is 4.79 Å². The molecule has 1 aliphatic rings. The first-order valence-corrected chi connectivity index (χ1v) is 5.46. The molecule has 1 aliphatic heterocycles. The number of phenolic OH excluding ortho intramolecular Hbond substituents is 1.